The Morgan fingerprint density at radius 3 is 2.81 bits per heavy atom. The predicted octanol–water partition coefficient (Wildman–Crippen LogP) is 4.49. The molecule has 2 N–H and O–H groups in total. The summed E-state index contributed by atoms with van der Waals surface area (Å²) < 4.78 is 6.19. The van der Waals surface area contributed by atoms with Gasteiger partial charge in [-0.05, 0) is 30.3 Å². The van der Waals surface area contributed by atoms with Crippen LogP contribution < -0.4 is 5.32 Å². The van der Waals surface area contributed by atoms with E-state index in [0.717, 1.165) is 15.4 Å². The number of hydrogen-bond donors (Lipinski definition) is 2. The maximum absolute atomic E-state index is 11.5. The number of nitrogens with one attached hydrogen (secondary N) is 1. The number of para-hydroxylation sites is 1. The molecule has 2 aromatic carbocycles. The highest BCUT2D eigenvalue weighted by molar-refractivity contribution is 9.10. The third-order valence-electron chi connectivity index (χ3n) is 3.84. The molecule has 8 heteroatoms. The van der Waals surface area contributed by atoms with Gasteiger partial charge in [0.2, 0.25) is 6.39 Å². The molecule has 0 aliphatic heterocycles. The molecule has 7 nitrogen and oxygen atoms in total. The van der Waals surface area contributed by atoms with Gasteiger partial charge in [-0.1, -0.05) is 28.1 Å². The number of nitrogens with zero attached hydrogens (tertiary/aromatic N) is 3. The first kappa shape index (κ1) is 16.2. The van der Waals surface area contributed by atoms with E-state index >= 15 is 0 Å². The van der Waals surface area contributed by atoms with Gasteiger partial charge in [0.25, 0.3) is 5.89 Å². The second-order valence-electron chi connectivity index (χ2n) is 5.43. The summed E-state index contributed by atoms with van der Waals surface area (Å²) in [6.07, 6.45) is 2.85. The Labute approximate surface area is 155 Å². The number of carbonyl (C=O) groups is 1. The van der Waals surface area contributed by atoms with Crippen molar-refractivity contribution in [1.29, 1.82) is 0 Å². The maximum atomic E-state index is 11.5. The van der Waals surface area contributed by atoms with E-state index in [0.29, 0.717) is 16.9 Å². The minimum Gasteiger partial charge on any atom is -0.478 e. The fraction of sp³-hybridized carbons (Fsp3) is 0. The molecular formula is C18H11BrN4O3. The summed E-state index contributed by atoms with van der Waals surface area (Å²) in [6.45, 7) is 0. The van der Waals surface area contributed by atoms with E-state index in [9.17, 15) is 9.90 Å². The lowest BCUT2D eigenvalue weighted by Crippen LogP contribution is -2.04. The van der Waals surface area contributed by atoms with Crippen LogP contribution in [-0.2, 0) is 0 Å². The molecule has 26 heavy (non-hydrogen) atoms. The van der Waals surface area contributed by atoms with Gasteiger partial charge in [0, 0.05) is 16.1 Å². The average molecular weight is 411 g/mol. The first-order valence-corrected chi connectivity index (χ1v) is 8.37. The number of pyridine rings is 1. The standard InChI is InChI=1S/C18H11BrN4O3/c19-10-5-6-14-12(7-10)16(13(8-20-14)17-23-21-9-26-17)22-15-4-2-1-3-11(15)18(24)25/h1-9H,(H,20,22)(H,24,25). The second-order valence-corrected chi connectivity index (χ2v) is 6.34. The first-order chi connectivity index (χ1) is 12.6. The zero-order valence-electron chi connectivity index (χ0n) is 13.2. The highest BCUT2D eigenvalue weighted by Crippen LogP contribution is 2.36. The maximum Gasteiger partial charge on any atom is 0.337 e. The fourth-order valence-electron chi connectivity index (χ4n) is 2.67. The van der Waals surface area contributed by atoms with E-state index in [1.807, 2.05) is 18.2 Å². The van der Waals surface area contributed by atoms with E-state index in [1.165, 1.54) is 12.5 Å². The van der Waals surface area contributed by atoms with E-state index in [2.05, 4.69) is 36.4 Å². The van der Waals surface area contributed by atoms with E-state index in [4.69, 9.17) is 4.42 Å². The average Bonchev–Trinajstić information content (AvgIpc) is 3.17. The van der Waals surface area contributed by atoms with Crippen LogP contribution in [-0.4, -0.2) is 26.3 Å². The van der Waals surface area contributed by atoms with Crippen LogP contribution >= 0.6 is 15.9 Å². The number of hydrogen-bond acceptors (Lipinski definition) is 6. The zero-order chi connectivity index (χ0) is 18.1. The summed E-state index contributed by atoms with van der Waals surface area (Å²) >= 11 is 3.46. The van der Waals surface area contributed by atoms with E-state index < -0.39 is 5.97 Å². The van der Waals surface area contributed by atoms with Crippen LogP contribution in [0, 0.1) is 0 Å². The third-order valence-corrected chi connectivity index (χ3v) is 4.33. The van der Waals surface area contributed by atoms with Gasteiger partial charge in [-0.2, -0.15) is 0 Å². The van der Waals surface area contributed by atoms with Crippen LogP contribution in [0.4, 0.5) is 11.4 Å². The summed E-state index contributed by atoms with van der Waals surface area (Å²) in [5.74, 6) is -0.735. The minimum atomic E-state index is -1.02. The summed E-state index contributed by atoms with van der Waals surface area (Å²) in [5.41, 5.74) is 2.56. The molecule has 2 aromatic heterocycles. The summed E-state index contributed by atoms with van der Waals surface area (Å²) in [4.78, 5) is 16.0. The number of benzene rings is 2. The molecule has 0 fully saturated rings. The lowest BCUT2D eigenvalue weighted by Gasteiger charge is -2.15. The molecule has 0 saturated carbocycles. The van der Waals surface area contributed by atoms with E-state index in [1.54, 1.807) is 24.4 Å². The summed E-state index contributed by atoms with van der Waals surface area (Å²) in [5, 5.41) is 21.1. The van der Waals surface area contributed by atoms with Crippen molar-refractivity contribution in [3.63, 3.8) is 0 Å². The number of rotatable bonds is 4. The number of aromatic carboxylic acids is 1. The Bertz CT molecular complexity index is 1110. The van der Waals surface area contributed by atoms with Crippen LogP contribution in [0.2, 0.25) is 0 Å². The molecule has 2 heterocycles. The molecule has 4 aromatic rings. The zero-order valence-corrected chi connectivity index (χ0v) is 14.8. The number of carboxylic acid groups (broad SMARTS) is 1. The number of carboxylic acids is 1. The first-order valence-electron chi connectivity index (χ1n) is 7.57. The Hall–Kier alpha value is -3.26. The Kier molecular flexibility index (Phi) is 4.10. The molecular weight excluding hydrogens is 400 g/mol. The smallest absolute Gasteiger partial charge is 0.337 e. The fourth-order valence-corrected chi connectivity index (χ4v) is 3.03. The van der Waals surface area contributed by atoms with Crippen LogP contribution in [0.5, 0.6) is 0 Å². The molecule has 0 amide bonds. The normalized spacial score (nSPS) is 10.8. The number of anilines is 2. The van der Waals surface area contributed by atoms with Gasteiger partial charge in [-0.25, -0.2) is 4.79 Å². The molecule has 0 unspecified atom stereocenters. The molecule has 128 valence electrons. The highest BCUT2D eigenvalue weighted by Gasteiger charge is 2.17. The molecule has 0 radical (unpaired) electrons. The van der Waals surface area contributed by atoms with Crippen molar-refractivity contribution < 1.29 is 14.3 Å². The van der Waals surface area contributed by atoms with Gasteiger partial charge in [0.1, 0.15) is 0 Å². The molecule has 0 spiro atoms. The van der Waals surface area contributed by atoms with Crippen molar-refractivity contribution in [2.24, 2.45) is 0 Å². The van der Waals surface area contributed by atoms with Gasteiger partial charge in [0.15, 0.2) is 0 Å². The number of aromatic nitrogens is 3. The third kappa shape index (κ3) is 2.91. The van der Waals surface area contributed by atoms with Crippen LogP contribution in [0.15, 0.2) is 63.9 Å². The lowest BCUT2D eigenvalue weighted by molar-refractivity contribution is 0.0698. The summed E-state index contributed by atoms with van der Waals surface area (Å²) in [7, 11) is 0. The van der Waals surface area contributed by atoms with Crippen LogP contribution in [0.1, 0.15) is 10.4 Å². The molecule has 0 aliphatic rings. The SMILES string of the molecule is O=C(O)c1ccccc1Nc1c(-c2nnco2)cnc2ccc(Br)cc12. The van der Waals surface area contributed by atoms with Crippen molar-refractivity contribution in [2.45, 2.75) is 0 Å². The van der Waals surface area contributed by atoms with E-state index in [-0.39, 0.29) is 11.5 Å². The molecule has 0 aliphatic carbocycles. The monoisotopic (exact) mass is 410 g/mol. The van der Waals surface area contributed by atoms with Gasteiger partial charge in [-0.3, -0.25) is 4.98 Å². The molecule has 0 atom stereocenters. The Morgan fingerprint density at radius 1 is 1.19 bits per heavy atom. The second kappa shape index (κ2) is 6.57. The van der Waals surface area contributed by atoms with Crippen molar-refractivity contribution in [2.75, 3.05) is 5.32 Å². The largest absolute Gasteiger partial charge is 0.478 e. The van der Waals surface area contributed by atoms with Crippen LogP contribution in [0.25, 0.3) is 22.4 Å². The predicted molar refractivity (Wildman–Crippen MR) is 99.4 cm³/mol. The van der Waals surface area contributed by atoms with Gasteiger partial charge < -0.3 is 14.8 Å². The molecule has 0 bridgehead atoms. The number of fused-ring (bicyclic) bond motifs is 1. The summed E-state index contributed by atoms with van der Waals surface area (Å²) in [6, 6.07) is 12.3. The topological polar surface area (TPSA) is 101 Å². The number of halogens is 1. The molecule has 4 rings (SSSR count). The van der Waals surface area contributed by atoms with Gasteiger partial charge in [0.05, 0.1) is 28.0 Å². The van der Waals surface area contributed by atoms with Gasteiger partial charge in [-0.15, -0.1) is 10.2 Å². The van der Waals surface area contributed by atoms with Crippen molar-refractivity contribution >= 4 is 44.2 Å². The highest BCUT2D eigenvalue weighted by atomic mass is 79.9. The van der Waals surface area contributed by atoms with Crippen molar-refractivity contribution in [3.8, 4) is 11.5 Å². The van der Waals surface area contributed by atoms with Crippen molar-refractivity contribution in [1.82, 2.24) is 15.2 Å². The Balaban J connectivity index is 1.96. The molecule has 0 saturated heterocycles. The van der Waals surface area contributed by atoms with Gasteiger partial charge >= 0.3 is 5.97 Å². The van der Waals surface area contributed by atoms with Crippen LogP contribution in [0.3, 0.4) is 0 Å². The quantitative estimate of drug-likeness (QED) is 0.510. The van der Waals surface area contributed by atoms with Crippen molar-refractivity contribution in [3.05, 3.63) is 65.1 Å². The lowest BCUT2D eigenvalue weighted by atomic mass is 10.1. The minimum absolute atomic E-state index is 0.156. The Morgan fingerprint density at radius 2 is 2.04 bits per heavy atom.